The molecule has 1 aliphatic rings. The van der Waals surface area contributed by atoms with Gasteiger partial charge in [-0.25, -0.2) is 0 Å². The molecule has 0 fully saturated rings. The van der Waals surface area contributed by atoms with Gasteiger partial charge in [0.2, 0.25) is 5.91 Å². The van der Waals surface area contributed by atoms with Crippen molar-refractivity contribution in [1.82, 2.24) is 0 Å². The van der Waals surface area contributed by atoms with Gasteiger partial charge in [-0.15, -0.1) is 0 Å². The molecular weight excluding hydrogens is 475 g/mol. The van der Waals surface area contributed by atoms with Crippen LogP contribution >= 0.6 is 23.2 Å². The second-order valence-corrected chi connectivity index (χ2v) is 8.67. The topological polar surface area (TPSA) is 67.9 Å². The number of ether oxygens (including phenoxy) is 2. The second-order valence-electron chi connectivity index (χ2n) is 7.83. The van der Waals surface area contributed by atoms with Crippen LogP contribution in [0.25, 0.3) is 0 Å². The van der Waals surface area contributed by atoms with E-state index in [1.165, 1.54) is 0 Å². The molecule has 1 aliphatic heterocycles. The Morgan fingerprint density at radius 3 is 2.68 bits per heavy atom. The summed E-state index contributed by atoms with van der Waals surface area (Å²) in [6.45, 7) is 0.876. The van der Waals surface area contributed by atoms with Gasteiger partial charge in [-0.05, 0) is 54.8 Å². The highest BCUT2D eigenvalue weighted by atomic mass is 35.5. The average molecular weight is 499 g/mol. The van der Waals surface area contributed by atoms with Crippen molar-refractivity contribution < 1.29 is 19.1 Å². The van der Waals surface area contributed by atoms with Crippen molar-refractivity contribution >= 4 is 46.4 Å². The normalized spacial score (nSPS) is 12.6. The third-order valence-electron chi connectivity index (χ3n) is 5.35. The first-order valence-corrected chi connectivity index (χ1v) is 11.7. The molecular formula is C26H24Cl2N2O4. The summed E-state index contributed by atoms with van der Waals surface area (Å²) in [5, 5.41) is 3.85. The first-order chi connectivity index (χ1) is 16.5. The van der Waals surface area contributed by atoms with E-state index in [0.717, 1.165) is 12.0 Å². The van der Waals surface area contributed by atoms with Crippen molar-refractivity contribution in [2.75, 3.05) is 30.0 Å². The highest BCUT2D eigenvalue weighted by molar-refractivity contribution is 6.35. The molecule has 0 radical (unpaired) electrons. The number of amides is 2. The second kappa shape index (κ2) is 11.3. The van der Waals surface area contributed by atoms with Gasteiger partial charge in [0.15, 0.2) is 6.61 Å². The van der Waals surface area contributed by atoms with Crippen molar-refractivity contribution in [1.29, 1.82) is 0 Å². The number of carbonyl (C=O) groups is 2. The number of nitrogens with one attached hydrogen (secondary N) is 1. The van der Waals surface area contributed by atoms with Crippen LogP contribution in [0.5, 0.6) is 11.5 Å². The molecule has 0 aliphatic carbocycles. The Kier molecular flexibility index (Phi) is 7.93. The summed E-state index contributed by atoms with van der Waals surface area (Å²) in [5.41, 5.74) is 2.41. The lowest BCUT2D eigenvalue weighted by Gasteiger charge is -2.30. The predicted molar refractivity (Wildman–Crippen MR) is 134 cm³/mol. The van der Waals surface area contributed by atoms with Crippen molar-refractivity contribution in [3.05, 3.63) is 82.3 Å². The predicted octanol–water partition coefficient (Wildman–Crippen LogP) is 5.76. The monoisotopic (exact) mass is 498 g/mol. The third-order valence-corrected chi connectivity index (χ3v) is 5.88. The maximum Gasteiger partial charge on any atom is 0.265 e. The van der Waals surface area contributed by atoms with Crippen LogP contribution < -0.4 is 19.7 Å². The highest BCUT2D eigenvalue weighted by Crippen LogP contribution is 2.35. The SMILES string of the molecule is O=C(CCCOc1ccc(Cl)cc1Cl)Nc1ccc2c(c1)N(CCc1ccccc1)C(=O)CO2. The average Bonchev–Trinajstić information content (AvgIpc) is 2.83. The third kappa shape index (κ3) is 6.22. The highest BCUT2D eigenvalue weighted by Gasteiger charge is 2.25. The maximum absolute atomic E-state index is 12.5. The molecule has 3 aromatic carbocycles. The number of rotatable bonds is 9. The molecule has 0 atom stereocenters. The molecule has 3 aromatic rings. The number of halogens is 2. The lowest BCUT2D eigenvalue weighted by molar-refractivity contribution is -0.121. The molecule has 2 amide bonds. The van der Waals surface area contributed by atoms with Gasteiger partial charge in [0, 0.05) is 23.7 Å². The fraction of sp³-hybridized carbons (Fsp3) is 0.231. The van der Waals surface area contributed by atoms with E-state index < -0.39 is 0 Å². The zero-order valence-electron chi connectivity index (χ0n) is 18.4. The zero-order chi connectivity index (χ0) is 23.9. The van der Waals surface area contributed by atoms with E-state index in [0.29, 0.717) is 52.5 Å². The lowest BCUT2D eigenvalue weighted by atomic mass is 10.1. The Balaban J connectivity index is 1.32. The van der Waals surface area contributed by atoms with Gasteiger partial charge < -0.3 is 19.7 Å². The van der Waals surface area contributed by atoms with E-state index in [9.17, 15) is 9.59 Å². The van der Waals surface area contributed by atoms with Crippen LogP contribution in [-0.2, 0) is 16.0 Å². The summed E-state index contributed by atoms with van der Waals surface area (Å²) in [4.78, 5) is 26.7. The Bertz CT molecular complexity index is 1170. The van der Waals surface area contributed by atoms with Gasteiger partial charge >= 0.3 is 0 Å². The summed E-state index contributed by atoms with van der Waals surface area (Å²) >= 11 is 12.0. The Hall–Kier alpha value is -3.22. The van der Waals surface area contributed by atoms with Crippen LogP contribution in [0, 0.1) is 0 Å². The van der Waals surface area contributed by atoms with Gasteiger partial charge in [0.25, 0.3) is 5.91 Å². The molecule has 0 saturated heterocycles. The fourth-order valence-electron chi connectivity index (χ4n) is 3.64. The van der Waals surface area contributed by atoms with E-state index >= 15 is 0 Å². The zero-order valence-corrected chi connectivity index (χ0v) is 19.9. The van der Waals surface area contributed by atoms with Crippen LogP contribution in [0.1, 0.15) is 18.4 Å². The van der Waals surface area contributed by atoms with Gasteiger partial charge in [-0.2, -0.15) is 0 Å². The van der Waals surface area contributed by atoms with Crippen LogP contribution in [0.15, 0.2) is 66.7 Å². The minimum absolute atomic E-state index is 0.00509. The van der Waals surface area contributed by atoms with E-state index in [2.05, 4.69) is 5.32 Å². The fourth-order valence-corrected chi connectivity index (χ4v) is 4.10. The number of fused-ring (bicyclic) bond motifs is 1. The molecule has 176 valence electrons. The Morgan fingerprint density at radius 2 is 1.88 bits per heavy atom. The van der Waals surface area contributed by atoms with E-state index in [1.54, 1.807) is 41.3 Å². The first kappa shape index (κ1) is 23.9. The first-order valence-electron chi connectivity index (χ1n) is 11.0. The van der Waals surface area contributed by atoms with Crippen LogP contribution in [-0.4, -0.2) is 31.6 Å². The molecule has 0 spiro atoms. The molecule has 0 unspecified atom stereocenters. The molecule has 0 saturated carbocycles. The van der Waals surface area contributed by atoms with Crippen molar-refractivity contribution in [3.63, 3.8) is 0 Å². The Morgan fingerprint density at radius 1 is 1.06 bits per heavy atom. The van der Waals surface area contributed by atoms with E-state index in [-0.39, 0.29) is 24.8 Å². The molecule has 4 rings (SSSR count). The largest absolute Gasteiger partial charge is 0.492 e. The molecule has 0 aromatic heterocycles. The molecule has 6 nitrogen and oxygen atoms in total. The smallest absolute Gasteiger partial charge is 0.265 e. The minimum Gasteiger partial charge on any atom is -0.492 e. The lowest BCUT2D eigenvalue weighted by Crippen LogP contribution is -2.40. The van der Waals surface area contributed by atoms with Crippen LogP contribution in [0.3, 0.4) is 0 Å². The number of carbonyl (C=O) groups excluding carboxylic acids is 2. The van der Waals surface area contributed by atoms with Crippen LogP contribution in [0.2, 0.25) is 10.0 Å². The maximum atomic E-state index is 12.5. The molecule has 0 bridgehead atoms. The molecule has 1 N–H and O–H groups in total. The van der Waals surface area contributed by atoms with Gasteiger partial charge in [0.1, 0.15) is 11.5 Å². The van der Waals surface area contributed by atoms with E-state index in [4.69, 9.17) is 32.7 Å². The van der Waals surface area contributed by atoms with E-state index in [1.807, 2.05) is 30.3 Å². The van der Waals surface area contributed by atoms with Gasteiger partial charge in [0.05, 0.1) is 17.3 Å². The van der Waals surface area contributed by atoms with Crippen molar-refractivity contribution in [2.24, 2.45) is 0 Å². The number of anilines is 2. The van der Waals surface area contributed by atoms with Crippen molar-refractivity contribution in [3.8, 4) is 11.5 Å². The summed E-state index contributed by atoms with van der Waals surface area (Å²) in [5.74, 6) is 0.898. The molecule has 1 heterocycles. The van der Waals surface area contributed by atoms with Gasteiger partial charge in [-0.1, -0.05) is 53.5 Å². The number of hydrogen-bond donors (Lipinski definition) is 1. The number of hydrogen-bond acceptors (Lipinski definition) is 4. The summed E-state index contributed by atoms with van der Waals surface area (Å²) in [7, 11) is 0. The summed E-state index contributed by atoms with van der Waals surface area (Å²) < 4.78 is 11.2. The number of benzene rings is 3. The van der Waals surface area contributed by atoms with Crippen molar-refractivity contribution in [2.45, 2.75) is 19.3 Å². The standard InChI is InChI=1S/C26H24Cl2N2O4/c27-19-8-10-23(21(28)15-19)33-14-4-7-25(31)29-20-9-11-24-22(16-20)30(26(32)17-34-24)13-12-18-5-2-1-3-6-18/h1-3,5-6,8-11,15-16H,4,7,12-14,17H2,(H,29,31). The van der Waals surface area contributed by atoms with Gasteiger partial charge in [-0.3, -0.25) is 9.59 Å². The van der Waals surface area contributed by atoms with Crippen LogP contribution in [0.4, 0.5) is 11.4 Å². The summed E-state index contributed by atoms with van der Waals surface area (Å²) in [6, 6.07) is 20.3. The summed E-state index contributed by atoms with van der Waals surface area (Å²) in [6.07, 6.45) is 1.51. The quantitative estimate of drug-likeness (QED) is 0.380. The Labute approximate surface area is 208 Å². The number of nitrogens with zero attached hydrogens (tertiary/aromatic N) is 1. The minimum atomic E-state index is -0.148. The molecule has 34 heavy (non-hydrogen) atoms. The molecule has 8 heteroatoms.